The number of hydrogen-bond acceptors (Lipinski definition) is 4. The molecule has 0 radical (unpaired) electrons. The zero-order valence-corrected chi connectivity index (χ0v) is 12.6. The second-order valence-electron chi connectivity index (χ2n) is 5.30. The first-order valence-electron chi connectivity index (χ1n) is 6.33. The predicted molar refractivity (Wildman–Crippen MR) is 77.5 cm³/mol. The second-order valence-corrected chi connectivity index (χ2v) is 5.30. The number of alkyl carbamates (subject to hydrolysis) is 1. The van der Waals surface area contributed by atoms with Crippen LogP contribution in [-0.2, 0) is 4.74 Å². The van der Waals surface area contributed by atoms with E-state index in [1.807, 2.05) is 20.8 Å². The number of ether oxygens (including phenoxy) is 2. The lowest BCUT2D eigenvalue weighted by Gasteiger charge is -2.38. The Hall–Kier alpha value is -1.62. The maximum absolute atomic E-state index is 11.4. The molecular formula is C14H20ClNO4. The predicted octanol–water partition coefficient (Wildman–Crippen LogP) is 3.02. The van der Waals surface area contributed by atoms with Gasteiger partial charge in [-0.3, -0.25) is 0 Å². The standard InChI is InChI=1S/C14H19NO4.ClH/c1-4-18-11-7-9(5-6-10(11)16)12-14(2,3)8-19-13(17)15-12;/h5-7,12,16H,4,8H2,1-3H3,(H,15,17);1H/t12-;/m0./s1. The van der Waals surface area contributed by atoms with Gasteiger partial charge in [0.05, 0.1) is 12.6 Å². The third-order valence-electron chi connectivity index (χ3n) is 3.24. The van der Waals surface area contributed by atoms with Crippen LogP contribution in [0.1, 0.15) is 32.4 Å². The number of aromatic hydroxyl groups is 1. The molecule has 0 spiro atoms. The van der Waals surface area contributed by atoms with Crippen LogP contribution in [0.25, 0.3) is 0 Å². The molecular weight excluding hydrogens is 282 g/mol. The van der Waals surface area contributed by atoms with E-state index in [1.54, 1.807) is 18.2 Å². The molecule has 2 rings (SSSR count). The average molecular weight is 302 g/mol. The molecule has 0 aromatic heterocycles. The van der Waals surface area contributed by atoms with Crippen LogP contribution in [0.2, 0.25) is 0 Å². The van der Waals surface area contributed by atoms with E-state index in [2.05, 4.69) is 5.32 Å². The van der Waals surface area contributed by atoms with Gasteiger partial charge in [-0.25, -0.2) is 4.79 Å². The minimum Gasteiger partial charge on any atom is -0.504 e. The van der Waals surface area contributed by atoms with Gasteiger partial charge in [-0.05, 0) is 24.6 Å². The van der Waals surface area contributed by atoms with Crippen LogP contribution in [0.5, 0.6) is 11.5 Å². The third-order valence-corrected chi connectivity index (χ3v) is 3.24. The molecule has 1 aliphatic rings. The molecule has 1 atom stereocenters. The van der Waals surface area contributed by atoms with Crippen LogP contribution in [0, 0.1) is 5.41 Å². The molecule has 0 aliphatic carbocycles. The van der Waals surface area contributed by atoms with Gasteiger partial charge >= 0.3 is 6.09 Å². The zero-order valence-electron chi connectivity index (χ0n) is 11.8. The molecule has 1 heterocycles. The first-order valence-corrected chi connectivity index (χ1v) is 6.33. The second kappa shape index (κ2) is 6.22. The number of phenolic OH excluding ortho intramolecular Hbond substituents is 1. The summed E-state index contributed by atoms with van der Waals surface area (Å²) in [6, 6.07) is 4.96. The number of halogens is 1. The molecule has 112 valence electrons. The van der Waals surface area contributed by atoms with E-state index in [9.17, 15) is 9.90 Å². The van der Waals surface area contributed by atoms with Crippen LogP contribution in [0.3, 0.4) is 0 Å². The summed E-state index contributed by atoms with van der Waals surface area (Å²) in [7, 11) is 0. The van der Waals surface area contributed by atoms with E-state index < -0.39 is 6.09 Å². The summed E-state index contributed by atoms with van der Waals surface area (Å²) in [5.74, 6) is 0.526. The lowest BCUT2D eigenvalue weighted by Crippen LogP contribution is -2.46. The fourth-order valence-electron chi connectivity index (χ4n) is 2.21. The highest BCUT2D eigenvalue weighted by Gasteiger charge is 2.38. The van der Waals surface area contributed by atoms with Crippen LogP contribution < -0.4 is 10.1 Å². The summed E-state index contributed by atoms with van der Waals surface area (Å²) in [5, 5.41) is 12.5. The molecule has 5 nitrogen and oxygen atoms in total. The fraction of sp³-hybridized carbons (Fsp3) is 0.500. The quantitative estimate of drug-likeness (QED) is 0.900. The maximum Gasteiger partial charge on any atom is 0.407 e. The summed E-state index contributed by atoms with van der Waals surface area (Å²) >= 11 is 0. The van der Waals surface area contributed by atoms with E-state index in [0.29, 0.717) is 19.0 Å². The largest absolute Gasteiger partial charge is 0.504 e. The Balaban J connectivity index is 0.00000200. The Bertz CT molecular complexity index is 490. The van der Waals surface area contributed by atoms with E-state index >= 15 is 0 Å². The number of nitrogens with one attached hydrogen (secondary N) is 1. The van der Waals surface area contributed by atoms with Crippen LogP contribution in [-0.4, -0.2) is 24.4 Å². The van der Waals surface area contributed by atoms with Crippen LogP contribution >= 0.6 is 12.4 Å². The Kier molecular flexibility index (Phi) is 5.11. The first kappa shape index (κ1) is 16.4. The van der Waals surface area contributed by atoms with E-state index in [-0.39, 0.29) is 29.6 Å². The molecule has 6 heteroatoms. The third kappa shape index (κ3) is 3.28. The summed E-state index contributed by atoms with van der Waals surface area (Å²) in [6.45, 7) is 6.72. The van der Waals surface area contributed by atoms with Gasteiger partial charge in [0, 0.05) is 5.41 Å². The minimum absolute atomic E-state index is 0. The van der Waals surface area contributed by atoms with Gasteiger partial charge in [0.1, 0.15) is 6.61 Å². The van der Waals surface area contributed by atoms with Crippen molar-refractivity contribution in [2.75, 3.05) is 13.2 Å². The first-order chi connectivity index (χ1) is 8.94. The molecule has 20 heavy (non-hydrogen) atoms. The van der Waals surface area contributed by atoms with Gasteiger partial charge in [0.2, 0.25) is 0 Å². The monoisotopic (exact) mass is 301 g/mol. The normalized spacial score (nSPS) is 20.4. The Morgan fingerprint density at radius 2 is 2.20 bits per heavy atom. The number of amides is 1. The van der Waals surface area contributed by atoms with Crippen molar-refractivity contribution in [3.63, 3.8) is 0 Å². The van der Waals surface area contributed by atoms with E-state index in [4.69, 9.17) is 9.47 Å². The smallest absolute Gasteiger partial charge is 0.407 e. The molecule has 0 unspecified atom stereocenters. The Morgan fingerprint density at radius 1 is 1.50 bits per heavy atom. The van der Waals surface area contributed by atoms with Crippen molar-refractivity contribution in [3.8, 4) is 11.5 Å². The molecule has 1 amide bonds. The summed E-state index contributed by atoms with van der Waals surface area (Å²) < 4.78 is 10.4. The van der Waals surface area contributed by atoms with Gasteiger partial charge < -0.3 is 19.9 Å². The Labute approximate surface area is 124 Å². The SMILES string of the molecule is CCOc1cc([C@@H]2NC(=O)OCC2(C)C)ccc1O.Cl. The summed E-state index contributed by atoms with van der Waals surface area (Å²) in [4.78, 5) is 11.4. The summed E-state index contributed by atoms with van der Waals surface area (Å²) in [5.41, 5.74) is 0.664. The van der Waals surface area contributed by atoms with E-state index in [1.165, 1.54) is 0 Å². The molecule has 1 aromatic rings. The van der Waals surface area contributed by atoms with Crippen molar-refractivity contribution >= 4 is 18.5 Å². The number of carbonyl (C=O) groups is 1. The molecule has 1 fully saturated rings. The van der Waals surface area contributed by atoms with Gasteiger partial charge in [0.15, 0.2) is 11.5 Å². The zero-order chi connectivity index (χ0) is 14.0. The maximum atomic E-state index is 11.4. The fourth-order valence-corrected chi connectivity index (χ4v) is 2.21. The molecule has 1 saturated heterocycles. The van der Waals surface area contributed by atoms with Crippen LogP contribution in [0.4, 0.5) is 4.79 Å². The van der Waals surface area contributed by atoms with Crippen LogP contribution in [0.15, 0.2) is 18.2 Å². The van der Waals surface area contributed by atoms with E-state index in [0.717, 1.165) is 5.56 Å². The summed E-state index contributed by atoms with van der Waals surface area (Å²) in [6.07, 6.45) is -0.421. The lowest BCUT2D eigenvalue weighted by molar-refractivity contribution is 0.0386. The average Bonchev–Trinajstić information content (AvgIpc) is 2.36. The molecule has 1 aliphatic heterocycles. The topological polar surface area (TPSA) is 67.8 Å². The van der Waals surface area contributed by atoms with Crippen molar-refractivity contribution in [2.24, 2.45) is 5.41 Å². The highest BCUT2D eigenvalue weighted by molar-refractivity contribution is 5.85. The van der Waals surface area contributed by atoms with Crippen molar-refractivity contribution in [1.82, 2.24) is 5.32 Å². The van der Waals surface area contributed by atoms with Crippen molar-refractivity contribution in [3.05, 3.63) is 23.8 Å². The number of carbonyl (C=O) groups excluding carboxylic acids is 1. The van der Waals surface area contributed by atoms with Gasteiger partial charge in [-0.15, -0.1) is 12.4 Å². The lowest BCUT2D eigenvalue weighted by atomic mass is 9.80. The highest BCUT2D eigenvalue weighted by atomic mass is 35.5. The van der Waals surface area contributed by atoms with Gasteiger partial charge in [-0.1, -0.05) is 19.9 Å². The number of hydrogen-bond donors (Lipinski definition) is 2. The molecule has 2 N–H and O–H groups in total. The highest BCUT2D eigenvalue weighted by Crippen LogP contribution is 2.39. The molecule has 0 bridgehead atoms. The van der Waals surface area contributed by atoms with Crippen molar-refractivity contribution < 1.29 is 19.4 Å². The molecule has 0 saturated carbocycles. The van der Waals surface area contributed by atoms with Gasteiger partial charge in [-0.2, -0.15) is 0 Å². The Morgan fingerprint density at radius 3 is 2.85 bits per heavy atom. The number of rotatable bonds is 3. The minimum atomic E-state index is -0.421. The number of cyclic esters (lactones) is 1. The molecule has 1 aromatic carbocycles. The number of phenols is 1. The van der Waals surface area contributed by atoms with Crippen molar-refractivity contribution in [2.45, 2.75) is 26.8 Å². The van der Waals surface area contributed by atoms with Gasteiger partial charge in [0.25, 0.3) is 0 Å². The van der Waals surface area contributed by atoms with Crippen molar-refractivity contribution in [1.29, 1.82) is 0 Å². The number of benzene rings is 1.